The molecule has 230 valence electrons. The summed E-state index contributed by atoms with van der Waals surface area (Å²) in [5, 5.41) is 11.6. The van der Waals surface area contributed by atoms with Crippen molar-refractivity contribution >= 4 is 17.6 Å². The standard InChI is InChI=1S/C35H42O8/c1-18(2)10-11-22-28-21(13-14-32(4,5)41-28)26(36)25-27(37)23-16-20-17-24-33(6,7)43-34(30(20)38,35(23,24)42-29(22)25)15-12-19(3)31(39-8)40-9/h10,12-14,16,20,24,31,36H,11,15,17H2,1-9H3/b19-12-/t20-,24+,34+,35-/m1/s1. The molecule has 6 aliphatic rings. The zero-order valence-corrected chi connectivity index (χ0v) is 26.5. The van der Waals surface area contributed by atoms with E-state index in [9.17, 15) is 14.7 Å². The number of rotatable bonds is 7. The van der Waals surface area contributed by atoms with E-state index >= 15 is 0 Å². The van der Waals surface area contributed by atoms with Crippen LogP contribution in [0.25, 0.3) is 6.08 Å². The van der Waals surface area contributed by atoms with Crippen LogP contribution in [0.1, 0.15) is 82.8 Å². The minimum Gasteiger partial charge on any atom is -0.506 e. The fourth-order valence-corrected chi connectivity index (χ4v) is 7.93. The fraction of sp³-hybridized carbons (Fsp3) is 0.543. The van der Waals surface area contributed by atoms with Gasteiger partial charge < -0.3 is 28.8 Å². The molecule has 3 heterocycles. The van der Waals surface area contributed by atoms with Gasteiger partial charge in [-0.15, -0.1) is 0 Å². The number of benzene rings is 1. The number of carbonyl (C=O) groups is 2. The second-order valence-corrected chi connectivity index (χ2v) is 13.8. The summed E-state index contributed by atoms with van der Waals surface area (Å²) in [5.41, 5.74) is -0.780. The number of ether oxygens (including phenoxy) is 5. The van der Waals surface area contributed by atoms with Crippen molar-refractivity contribution in [1.82, 2.24) is 0 Å². The van der Waals surface area contributed by atoms with Gasteiger partial charge in [0.25, 0.3) is 0 Å². The number of Topliss-reactive ketones (excluding diaryl/α,β-unsaturated/α-hetero) is 2. The summed E-state index contributed by atoms with van der Waals surface area (Å²) in [6, 6.07) is 0. The van der Waals surface area contributed by atoms with Crippen molar-refractivity contribution in [3.63, 3.8) is 0 Å². The summed E-state index contributed by atoms with van der Waals surface area (Å²) in [7, 11) is 3.11. The Balaban J connectivity index is 1.62. The molecule has 2 fully saturated rings. The average molecular weight is 591 g/mol. The predicted octanol–water partition coefficient (Wildman–Crippen LogP) is 6.05. The third-order valence-electron chi connectivity index (χ3n) is 9.85. The maximum Gasteiger partial charge on any atom is 0.200 e. The van der Waals surface area contributed by atoms with Crippen LogP contribution in [0.3, 0.4) is 0 Å². The third kappa shape index (κ3) is 3.99. The van der Waals surface area contributed by atoms with Crippen molar-refractivity contribution in [3.8, 4) is 17.2 Å². The molecule has 1 aromatic rings. The molecule has 43 heavy (non-hydrogen) atoms. The molecule has 4 bridgehead atoms. The van der Waals surface area contributed by atoms with Crippen molar-refractivity contribution in [3.05, 3.63) is 57.7 Å². The predicted molar refractivity (Wildman–Crippen MR) is 161 cm³/mol. The maximum absolute atomic E-state index is 14.7. The maximum atomic E-state index is 14.7. The van der Waals surface area contributed by atoms with Crippen LogP contribution in [0, 0.1) is 11.8 Å². The minimum atomic E-state index is -1.46. The highest BCUT2D eigenvalue weighted by molar-refractivity contribution is 6.19. The Morgan fingerprint density at radius 1 is 1.07 bits per heavy atom. The molecule has 1 spiro atoms. The van der Waals surface area contributed by atoms with Crippen molar-refractivity contribution in [2.24, 2.45) is 11.8 Å². The number of aromatic hydroxyl groups is 1. The SMILES string of the molecule is COC(OC)/C(C)=C\C[C@@]12OC(C)(C)[C@@H]3C[C@@H](C=C4C(=O)c5c(O)c6c(c(CC=C(C)C)c5O[C@]431)OC(C)(C)C=C6)C2=O. The van der Waals surface area contributed by atoms with Gasteiger partial charge in [-0.05, 0) is 79.0 Å². The number of fused-ring (bicyclic) bond motifs is 2. The molecule has 1 aromatic carbocycles. The van der Waals surface area contributed by atoms with Gasteiger partial charge in [0.1, 0.15) is 28.4 Å². The Hall–Kier alpha value is -3.20. The number of carbonyl (C=O) groups excluding carboxylic acids is 2. The molecule has 1 N–H and O–H groups in total. The van der Waals surface area contributed by atoms with Crippen LogP contribution in [0.15, 0.2) is 41.0 Å². The number of allylic oxidation sites excluding steroid dienone is 3. The molecular weight excluding hydrogens is 548 g/mol. The van der Waals surface area contributed by atoms with Crippen LogP contribution in [-0.2, 0) is 25.4 Å². The summed E-state index contributed by atoms with van der Waals surface area (Å²) in [5.74, 6) is -0.655. The number of phenols is 1. The van der Waals surface area contributed by atoms with E-state index in [0.717, 1.165) is 11.1 Å². The average Bonchev–Trinajstić information content (AvgIpc) is 3.08. The van der Waals surface area contributed by atoms with Crippen molar-refractivity contribution in [2.75, 3.05) is 14.2 Å². The zero-order valence-electron chi connectivity index (χ0n) is 26.5. The molecular formula is C35H42O8. The monoisotopic (exact) mass is 590 g/mol. The Labute approximate surface area is 253 Å². The molecule has 0 aromatic heterocycles. The van der Waals surface area contributed by atoms with E-state index in [0.29, 0.717) is 35.3 Å². The molecule has 0 radical (unpaired) electrons. The van der Waals surface area contributed by atoms with Gasteiger partial charge in [0, 0.05) is 43.6 Å². The second-order valence-electron chi connectivity index (χ2n) is 13.8. The van der Waals surface area contributed by atoms with E-state index in [1.165, 1.54) is 0 Å². The largest absolute Gasteiger partial charge is 0.506 e. The lowest BCUT2D eigenvalue weighted by Gasteiger charge is -2.56. The first-order chi connectivity index (χ1) is 20.1. The smallest absolute Gasteiger partial charge is 0.200 e. The number of hydrogen-bond acceptors (Lipinski definition) is 8. The van der Waals surface area contributed by atoms with E-state index in [2.05, 4.69) is 0 Å². The first-order valence-corrected chi connectivity index (χ1v) is 15.0. The van der Waals surface area contributed by atoms with Gasteiger partial charge >= 0.3 is 0 Å². The Kier molecular flexibility index (Phi) is 6.70. The lowest BCUT2D eigenvalue weighted by molar-refractivity contribution is -0.171. The topological polar surface area (TPSA) is 101 Å². The minimum absolute atomic E-state index is 0.0990. The summed E-state index contributed by atoms with van der Waals surface area (Å²) >= 11 is 0. The first-order valence-electron chi connectivity index (χ1n) is 15.0. The second kappa shape index (κ2) is 9.65. The summed E-state index contributed by atoms with van der Waals surface area (Å²) in [4.78, 5) is 29.1. The van der Waals surface area contributed by atoms with E-state index < -0.39 is 34.6 Å². The van der Waals surface area contributed by atoms with Gasteiger partial charge in [-0.3, -0.25) is 9.59 Å². The lowest BCUT2D eigenvalue weighted by Crippen LogP contribution is -2.72. The van der Waals surface area contributed by atoms with Gasteiger partial charge in [0.15, 0.2) is 29.1 Å². The van der Waals surface area contributed by atoms with Crippen molar-refractivity contribution in [1.29, 1.82) is 0 Å². The molecule has 8 nitrogen and oxygen atoms in total. The normalized spacial score (nSPS) is 30.7. The Bertz CT molecular complexity index is 1550. The lowest BCUT2D eigenvalue weighted by atomic mass is 9.51. The van der Waals surface area contributed by atoms with Crippen molar-refractivity contribution < 1.29 is 38.4 Å². The highest BCUT2D eigenvalue weighted by Crippen LogP contribution is 2.68. The Morgan fingerprint density at radius 3 is 2.42 bits per heavy atom. The Morgan fingerprint density at radius 2 is 1.77 bits per heavy atom. The first kappa shape index (κ1) is 29.9. The van der Waals surface area contributed by atoms with Gasteiger partial charge in [0.05, 0.1) is 11.2 Å². The molecule has 3 aliphatic carbocycles. The number of phenolic OH excluding ortho intramolecular Hbond substituents is 1. The van der Waals surface area contributed by atoms with Gasteiger partial charge in [-0.1, -0.05) is 23.8 Å². The van der Waals surface area contributed by atoms with Gasteiger partial charge in [0.2, 0.25) is 0 Å². The van der Waals surface area contributed by atoms with Gasteiger partial charge in [-0.2, -0.15) is 0 Å². The van der Waals surface area contributed by atoms with E-state index in [1.54, 1.807) is 20.3 Å². The van der Waals surface area contributed by atoms with E-state index in [4.69, 9.17) is 23.7 Å². The molecule has 4 atom stereocenters. The van der Waals surface area contributed by atoms with Crippen LogP contribution in [-0.4, -0.2) is 59.6 Å². The molecule has 8 heteroatoms. The number of hydrogen-bond donors (Lipinski definition) is 1. The summed E-state index contributed by atoms with van der Waals surface area (Å²) in [6.07, 6.45) is 9.90. The van der Waals surface area contributed by atoms with Crippen LogP contribution in [0.2, 0.25) is 0 Å². The van der Waals surface area contributed by atoms with Gasteiger partial charge in [-0.25, -0.2) is 0 Å². The summed E-state index contributed by atoms with van der Waals surface area (Å²) < 4.78 is 31.4. The molecule has 7 rings (SSSR count). The van der Waals surface area contributed by atoms with Crippen LogP contribution >= 0.6 is 0 Å². The zero-order chi connectivity index (χ0) is 31.3. The number of methoxy groups -OCH3 is 2. The molecule has 0 amide bonds. The molecule has 1 saturated heterocycles. The van der Waals surface area contributed by atoms with Crippen LogP contribution < -0.4 is 9.47 Å². The highest BCUT2D eigenvalue weighted by Gasteiger charge is 2.81. The molecule has 1 saturated carbocycles. The highest BCUT2D eigenvalue weighted by atomic mass is 16.7. The van der Waals surface area contributed by atoms with E-state index in [-0.39, 0.29) is 41.0 Å². The fourth-order valence-electron chi connectivity index (χ4n) is 7.93. The molecule has 3 aliphatic heterocycles. The summed E-state index contributed by atoms with van der Waals surface area (Å²) in [6.45, 7) is 13.7. The molecule has 0 unspecified atom stereocenters. The van der Waals surface area contributed by atoms with Crippen molar-refractivity contribution in [2.45, 2.75) is 96.4 Å². The number of ketones is 2. The van der Waals surface area contributed by atoms with E-state index in [1.807, 2.05) is 72.8 Å². The van der Waals surface area contributed by atoms with Crippen LogP contribution in [0.5, 0.6) is 17.2 Å². The quantitative estimate of drug-likeness (QED) is 0.303. The van der Waals surface area contributed by atoms with Crippen LogP contribution in [0.4, 0.5) is 0 Å². The third-order valence-corrected chi connectivity index (χ3v) is 9.85.